The summed E-state index contributed by atoms with van der Waals surface area (Å²) in [5.41, 5.74) is 2.23. The number of thioether (sulfide) groups is 1. The van der Waals surface area contributed by atoms with E-state index in [4.69, 9.17) is 11.6 Å². The molecule has 0 saturated carbocycles. The number of rotatable bonds is 8. The highest BCUT2D eigenvalue weighted by molar-refractivity contribution is 7.99. The van der Waals surface area contributed by atoms with E-state index >= 15 is 0 Å². The Morgan fingerprint density at radius 3 is 2.58 bits per heavy atom. The first-order chi connectivity index (χ1) is 8.99. The van der Waals surface area contributed by atoms with Gasteiger partial charge in [0.1, 0.15) is 5.15 Å². The maximum atomic E-state index is 6.31. The molecule has 0 amide bonds. The molecule has 2 atom stereocenters. The van der Waals surface area contributed by atoms with Crippen molar-refractivity contribution in [2.45, 2.75) is 51.8 Å². The van der Waals surface area contributed by atoms with E-state index in [-0.39, 0.29) is 0 Å². The monoisotopic (exact) mass is 303 g/mol. The second-order valence-corrected chi connectivity index (χ2v) is 6.82. The molecule has 1 heterocycles. The molecule has 5 heteroatoms. The van der Waals surface area contributed by atoms with Crippen molar-refractivity contribution in [3.8, 4) is 0 Å². The van der Waals surface area contributed by atoms with E-state index in [1.165, 1.54) is 12.0 Å². The maximum Gasteiger partial charge on any atom is 0.130 e. The highest BCUT2D eigenvalue weighted by Crippen LogP contribution is 2.22. The Kier molecular flexibility index (Phi) is 7.26. The van der Waals surface area contributed by atoms with Gasteiger partial charge in [-0.05, 0) is 26.3 Å². The minimum atomic E-state index is 0.462. The summed E-state index contributed by atoms with van der Waals surface area (Å²) < 4.78 is 1.76. The van der Waals surface area contributed by atoms with Gasteiger partial charge in [0.25, 0.3) is 0 Å². The van der Waals surface area contributed by atoms with Crippen LogP contribution in [-0.2, 0) is 13.5 Å². The van der Waals surface area contributed by atoms with Crippen LogP contribution in [0.1, 0.15) is 38.4 Å². The zero-order valence-corrected chi connectivity index (χ0v) is 14.2. The summed E-state index contributed by atoms with van der Waals surface area (Å²) in [6, 6.07) is 0.462. The normalized spacial score (nSPS) is 14.6. The van der Waals surface area contributed by atoms with Crippen molar-refractivity contribution in [1.29, 1.82) is 0 Å². The number of aryl methyl sites for hydroxylation is 2. The first kappa shape index (κ1) is 16.9. The molecule has 0 radical (unpaired) electrons. The average Bonchev–Trinajstić information content (AvgIpc) is 2.62. The van der Waals surface area contributed by atoms with E-state index in [0.717, 1.165) is 29.6 Å². The zero-order chi connectivity index (χ0) is 14.4. The van der Waals surface area contributed by atoms with Gasteiger partial charge in [-0.25, -0.2) is 0 Å². The van der Waals surface area contributed by atoms with Crippen LogP contribution in [0.5, 0.6) is 0 Å². The molecule has 1 aromatic heterocycles. The van der Waals surface area contributed by atoms with Gasteiger partial charge in [0.2, 0.25) is 0 Å². The Morgan fingerprint density at radius 1 is 1.42 bits per heavy atom. The Morgan fingerprint density at radius 2 is 2.11 bits per heavy atom. The molecule has 110 valence electrons. The van der Waals surface area contributed by atoms with Crippen molar-refractivity contribution in [2.24, 2.45) is 7.05 Å². The molecule has 0 fully saturated rings. The lowest BCUT2D eigenvalue weighted by atomic mass is 10.1. The fraction of sp³-hybridized carbons (Fsp3) is 0.786. The third-order valence-electron chi connectivity index (χ3n) is 3.37. The molecule has 1 rings (SSSR count). The maximum absolute atomic E-state index is 6.31. The van der Waals surface area contributed by atoms with E-state index in [1.54, 1.807) is 4.68 Å². The van der Waals surface area contributed by atoms with Gasteiger partial charge >= 0.3 is 0 Å². The lowest BCUT2D eigenvalue weighted by Crippen LogP contribution is -2.34. The van der Waals surface area contributed by atoms with E-state index in [1.807, 2.05) is 25.7 Å². The van der Waals surface area contributed by atoms with E-state index < -0.39 is 0 Å². The molecule has 0 bridgehead atoms. The van der Waals surface area contributed by atoms with Crippen molar-refractivity contribution in [1.82, 2.24) is 15.1 Å². The highest BCUT2D eigenvalue weighted by Gasteiger charge is 2.17. The molecule has 0 saturated heterocycles. The van der Waals surface area contributed by atoms with Crippen molar-refractivity contribution in [2.75, 3.05) is 12.3 Å². The summed E-state index contributed by atoms with van der Waals surface area (Å²) in [7, 11) is 1.90. The number of likely N-dealkylation sites (N-methyl/N-ethyl adjacent to an activating group) is 1. The van der Waals surface area contributed by atoms with Crippen LogP contribution in [0.15, 0.2) is 0 Å². The number of hydrogen-bond donors (Lipinski definition) is 1. The topological polar surface area (TPSA) is 29.9 Å². The molecular weight excluding hydrogens is 278 g/mol. The van der Waals surface area contributed by atoms with Crippen LogP contribution in [0.25, 0.3) is 0 Å². The molecule has 3 nitrogen and oxygen atoms in total. The summed E-state index contributed by atoms with van der Waals surface area (Å²) in [4.78, 5) is 0. The molecule has 1 aromatic rings. The van der Waals surface area contributed by atoms with Gasteiger partial charge in [0.15, 0.2) is 0 Å². The van der Waals surface area contributed by atoms with Crippen LogP contribution in [0.2, 0.25) is 5.15 Å². The molecule has 1 N–H and O–H groups in total. The second-order valence-electron chi connectivity index (χ2n) is 4.99. The lowest BCUT2D eigenvalue weighted by molar-refractivity contribution is 0.570. The molecule has 0 aromatic carbocycles. The van der Waals surface area contributed by atoms with Crippen LogP contribution >= 0.6 is 23.4 Å². The Balaban J connectivity index is 2.67. The predicted molar refractivity (Wildman–Crippen MR) is 86.3 cm³/mol. The fourth-order valence-corrected chi connectivity index (χ4v) is 3.31. The third-order valence-corrected chi connectivity index (χ3v) is 5.34. The fourth-order valence-electron chi connectivity index (χ4n) is 2.03. The SMILES string of the molecule is CCNC(CSC(C)CC)Cc1c(C)nn(C)c1Cl. The van der Waals surface area contributed by atoms with Crippen LogP contribution < -0.4 is 5.32 Å². The van der Waals surface area contributed by atoms with Crippen LogP contribution in [0.3, 0.4) is 0 Å². The second kappa shape index (κ2) is 8.18. The van der Waals surface area contributed by atoms with Gasteiger partial charge in [0, 0.05) is 29.7 Å². The molecule has 2 unspecified atom stereocenters. The van der Waals surface area contributed by atoms with E-state index in [2.05, 4.69) is 31.2 Å². The van der Waals surface area contributed by atoms with Crippen molar-refractivity contribution in [3.05, 3.63) is 16.4 Å². The first-order valence-corrected chi connectivity index (χ1v) is 8.45. The standard InChI is InChI=1S/C14H26ClN3S/c1-6-10(3)19-9-12(16-7-2)8-13-11(4)17-18(5)14(13)15/h10,12,16H,6-9H2,1-5H3. The highest BCUT2D eigenvalue weighted by atomic mass is 35.5. The number of hydrogen-bond acceptors (Lipinski definition) is 3. The van der Waals surface area contributed by atoms with E-state index in [0.29, 0.717) is 11.3 Å². The summed E-state index contributed by atoms with van der Waals surface area (Å²) in [6.07, 6.45) is 2.17. The average molecular weight is 304 g/mol. The lowest BCUT2D eigenvalue weighted by Gasteiger charge is -2.19. The molecule has 19 heavy (non-hydrogen) atoms. The Hall–Kier alpha value is -0.190. The summed E-state index contributed by atoms with van der Waals surface area (Å²) in [5, 5.41) is 9.43. The number of nitrogens with one attached hydrogen (secondary N) is 1. The molecule has 0 aliphatic carbocycles. The van der Waals surface area contributed by atoms with Gasteiger partial charge in [-0.1, -0.05) is 32.4 Å². The van der Waals surface area contributed by atoms with Gasteiger partial charge < -0.3 is 5.32 Å². The van der Waals surface area contributed by atoms with Crippen molar-refractivity contribution in [3.63, 3.8) is 0 Å². The van der Waals surface area contributed by atoms with Crippen molar-refractivity contribution < 1.29 is 0 Å². The molecule has 0 aliphatic heterocycles. The third kappa shape index (κ3) is 5.01. The molecule has 0 aliphatic rings. The van der Waals surface area contributed by atoms with E-state index in [9.17, 15) is 0 Å². The van der Waals surface area contributed by atoms with Crippen LogP contribution in [0, 0.1) is 6.92 Å². The van der Waals surface area contributed by atoms with Gasteiger partial charge in [-0.2, -0.15) is 16.9 Å². The minimum Gasteiger partial charge on any atom is -0.313 e. The van der Waals surface area contributed by atoms with Crippen molar-refractivity contribution >= 4 is 23.4 Å². The zero-order valence-electron chi connectivity index (χ0n) is 12.7. The first-order valence-electron chi connectivity index (χ1n) is 7.02. The van der Waals surface area contributed by atoms with Crippen LogP contribution in [-0.4, -0.2) is 33.4 Å². The molecule has 0 spiro atoms. The number of aromatic nitrogens is 2. The van der Waals surface area contributed by atoms with Gasteiger partial charge in [-0.3, -0.25) is 4.68 Å². The van der Waals surface area contributed by atoms with Gasteiger partial charge in [-0.15, -0.1) is 0 Å². The number of nitrogens with zero attached hydrogens (tertiary/aromatic N) is 2. The molecular formula is C14H26ClN3S. The quantitative estimate of drug-likeness (QED) is 0.798. The summed E-state index contributed by atoms with van der Waals surface area (Å²) in [5.74, 6) is 1.12. The minimum absolute atomic E-state index is 0.462. The number of halogens is 1. The Bertz CT molecular complexity index is 392. The van der Waals surface area contributed by atoms with Gasteiger partial charge in [0.05, 0.1) is 5.69 Å². The smallest absolute Gasteiger partial charge is 0.130 e. The summed E-state index contributed by atoms with van der Waals surface area (Å²) in [6.45, 7) is 9.70. The summed E-state index contributed by atoms with van der Waals surface area (Å²) >= 11 is 8.34. The predicted octanol–water partition coefficient (Wildman–Crippen LogP) is 3.43. The van der Waals surface area contributed by atoms with Crippen LogP contribution in [0.4, 0.5) is 0 Å². The Labute approximate surface area is 126 Å². The largest absolute Gasteiger partial charge is 0.313 e.